The predicted octanol–water partition coefficient (Wildman–Crippen LogP) is -0.565. The van der Waals surface area contributed by atoms with Crippen molar-refractivity contribution in [1.82, 2.24) is 10.2 Å². The van der Waals surface area contributed by atoms with Crippen molar-refractivity contribution in [3.05, 3.63) is 0 Å². The molecule has 1 aliphatic heterocycles. The van der Waals surface area contributed by atoms with Crippen LogP contribution in [-0.4, -0.2) is 37.0 Å². The summed E-state index contributed by atoms with van der Waals surface area (Å²) in [6.45, 7) is 2.84. The number of nitrogens with zero attached hydrogens (tertiary/aromatic N) is 1. The van der Waals surface area contributed by atoms with E-state index >= 15 is 0 Å². The Morgan fingerprint density at radius 1 is 1.78 bits per heavy atom. The highest BCUT2D eigenvalue weighted by Crippen LogP contribution is 2.04. The van der Waals surface area contributed by atoms with Crippen molar-refractivity contribution >= 4 is 6.29 Å². The van der Waals surface area contributed by atoms with E-state index in [-0.39, 0.29) is 6.04 Å². The van der Waals surface area contributed by atoms with Crippen molar-refractivity contribution in [3.63, 3.8) is 0 Å². The summed E-state index contributed by atoms with van der Waals surface area (Å²) in [6.07, 6.45) is 1.33. The molecule has 1 rings (SSSR count). The fourth-order valence-electron chi connectivity index (χ4n) is 1.01. The van der Waals surface area contributed by atoms with Gasteiger partial charge in [0.15, 0.2) is 0 Å². The van der Waals surface area contributed by atoms with E-state index in [1.54, 1.807) is 0 Å². The maximum absolute atomic E-state index is 10.3. The summed E-state index contributed by atoms with van der Waals surface area (Å²) in [6, 6.07) is 0.0833. The van der Waals surface area contributed by atoms with Gasteiger partial charge in [-0.25, -0.2) is 0 Å². The summed E-state index contributed by atoms with van der Waals surface area (Å²) in [4.78, 5) is 12.3. The number of aldehydes is 1. The Balaban J connectivity index is 2.50. The molecule has 1 saturated heterocycles. The van der Waals surface area contributed by atoms with Gasteiger partial charge in [-0.3, -0.25) is 10.2 Å². The first-order valence-corrected chi connectivity index (χ1v) is 3.16. The van der Waals surface area contributed by atoms with E-state index in [0.717, 1.165) is 12.8 Å². The van der Waals surface area contributed by atoms with Crippen molar-refractivity contribution in [3.8, 4) is 0 Å². The molecule has 3 nitrogen and oxygen atoms in total. The summed E-state index contributed by atoms with van der Waals surface area (Å²) < 4.78 is 0. The van der Waals surface area contributed by atoms with Crippen LogP contribution in [0.2, 0.25) is 0 Å². The molecule has 0 radical (unpaired) electrons. The minimum atomic E-state index is 0.0833. The van der Waals surface area contributed by atoms with Crippen LogP contribution in [0.25, 0.3) is 0 Å². The van der Waals surface area contributed by atoms with Gasteiger partial charge in [0.25, 0.3) is 0 Å². The summed E-state index contributed by atoms with van der Waals surface area (Å²) in [5.41, 5.74) is 0. The zero-order valence-corrected chi connectivity index (χ0v) is 5.79. The number of rotatable bonds is 1. The lowest BCUT2D eigenvalue weighted by atomic mass is 10.3. The van der Waals surface area contributed by atoms with Crippen molar-refractivity contribution in [2.75, 3.05) is 13.6 Å². The largest absolute Gasteiger partial charge is 0.302 e. The van der Waals surface area contributed by atoms with Gasteiger partial charge in [-0.05, 0) is 14.0 Å². The topological polar surface area (TPSA) is 32.3 Å². The Bertz CT molecular complexity index is 116. The number of carbonyl (C=O) groups excluding carboxylic acids is 1. The van der Waals surface area contributed by atoms with Crippen LogP contribution >= 0.6 is 0 Å². The Morgan fingerprint density at radius 2 is 2.44 bits per heavy atom. The Kier molecular flexibility index (Phi) is 1.83. The first-order chi connectivity index (χ1) is 4.25. The molecule has 2 unspecified atom stereocenters. The zero-order valence-electron chi connectivity index (χ0n) is 5.79. The third-order valence-electron chi connectivity index (χ3n) is 1.91. The van der Waals surface area contributed by atoms with Crippen LogP contribution in [0.5, 0.6) is 0 Å². The first kappa shape index (κ1) is 6.71. The average Bonchev–Trinajstić information content (AvgIpc) is 2.15. The number of hydrogen-bond acceptors (Lipinski definition) is 3. The molecular weight excluding hydrogens is 116 g/mol. The lowest BCUT2D eigenvalue weighted by Gasteiger charge is -2.16. The molecule has 0 spiro atoms. The van der Waals surface area contributed by atoms with E-state index in [2.05, 4.69) is 5.32 Å². The van der Waals surface area contributed by atoms with Gasteiger partial charge >= 0.3 is 0 Å². The van der Waals surface area contributed by atoms with E-state index < -0.39 is 0 Å². The van der Waals surface area contributed by atoms with Crippen LogP contribution in [-0.2, 0) is 4.79 Å². The van der Waals surface area contributed by atoms with E-state index in [0.29, 0.717) is 6.17 Å². The quantitative estimate of drug-likeness (QED) is 0.480. The minimum Gasteiger partial charge on any atom is -0.302 e. The molecule has 1 aliphatic rings. The predicted molar refractivity (Wildman–Crippen MR) is 35.1 cm³/mol. The Labute approximate surface area is 55.0 Å². The fourth-order valence-corrected chi connectivity index (χ4v) is 1.01. The van der Waals surface area contributed by atoms with E-state index in [9.17, 15) is 4.79 Å². The number of carbonyl (C=O) groups is 1. The van der Waals surface area contributed by atoms with Crippen LogP contribution in [0.1, 0.15) is 6.92 Å². The highest BCUT2D eigenvalue weighted by molar-refractivity contribution is 5.58. The lowest BCUT2D eigenvalue weighted by Crippen LogP contribution is -2.33. The van der Waals surface area contributed by atoms with Gasteiger partial charge in [0, 0.05) is 6.54 Å². The second kappa shape index (κ2) is 2.45. The molecule has 0 bridgehead atoms. The van der Waals surface area contributed by atoms with Gasteiger partial charge in [-0.15, -0.1) is 0 Å². The maximum atomic E-state index is 10.3. The van der Waals surface area contributed by atoms with Crippen molar-refractivity contribution in [1.29, 1.82) is 0 Å². The molecule has 2 atom stereocenters. The van der Waals surface area contributed by atoms with E-state index in [4.69, 9.17) is 0 Å². The normalized spacial score (nSPS) is 37.1. The number of nitrogens with one attached hydrogen (secondary N) is 1. The second-order valence-corrected chi connectivity index (χ2v) is 2.45. The second-order valence-electron chi connectivity index (χ2n) is 2.45. The highest BCUT2D eigenvalue weighted by atomic mass is 16.1. The van der Waals surface area contributed by atoms with Crippen LogP contribution in [0.15, 0.2) is 0 Å². The van der Waals surface area contributed by atoms with Crippen molar-refractivity contribution in [2.24, 2.45) is 0 Å². The van der Waals surface area contributed by atoms with Crippen LogP contribution in [0.3, 0.4) is 0 Å². The standard InChI is InChI=1S/C6H12N2O/c1-5-7-3-6(4-9)8(5)2/h4-7H,3H2,1-2H3. The molecule has 0 aromatic rings. The van der Waals surface area contributed by atoms with E-state index in [1.165, 1.54) is 0 Å². The number of likely N-dealkylation sites (N-methyl/N-ethyl adjacent to an activating group) is 1. The Morgan fingerprint density at radius 3 is 2.67 bits per heavy atom. The maximum Gasteiger partial charge on any atom is 0.138 e. The van der Waals surface area contributed by atoms with Gasteiger partial charge < -0.3 is 4.79 Å². The molecular formula is C6H12N2O. The monoisotopic (exact) mass is 128 g/mol. The molecule has 0 aliphatic carbocycles. The fraction of sp³-hybridized carbons (Fsp3) is 0.833. The van der Waals surface area contributed by atoms with Gasteiger partial charge in [0.1, 0.15) is 6.29 Å². The van der Waals surface area contributed by atoms with Crippen molar-refractivity contribution in [2.45, 2.75) is 19.1 Å². The Hall–Kier alpha value is -0.410. The molecule has 0 amide bonds. The molecule has 9 heavy (non-hydrogen) atoms. The van der Waals surface area contributed by atoms with Crippen LogP contribution in [0, 0.1) is 0 Å². The summed E-state index contributed by atoms with van der Waals surface area (Å²) >= 11 is 0. The summed E-state index contributed by atoms with van der Waals surface area (Å²) in [7, 11) is 1.95. The lowest BCUT2D eigenvalue weighted by molar-refractivity contribution is -0.111. The molecule has 1 N–H and O–H groups in total. The SMILES string of the molecule is CC1NCC(C=O)N1C. The van der Waals surface area contributed by atoms with Gasteiger partial charge in [0.05, 0.1) is 12.2 Å². The summed E-state index contributed by atoms with van der Waals surface area (Å²) in [5.74, 6) is 0. The van der Waals surface area contributed by atoms with Gasteiger partial charge in [-0.2, -0.15) is 0 Å². The first-order valence-electron chi connectivity index (χ1n) is 3.16. The third kappa shape index (κ3) is 1.11. The highest BCUT2D eigenvalue weighted by Gasteiger charge is 2.25. The minimum absolute atomic E-state index is 0.0833. The van der Waals surface area contributed by atoms with Crippen molar-refractivity contribution < 1.29 is 4.79 Å². The average molecular weight is 128 g/mol. The molecule has 3 heteroatoms. The van der Waals surface area contributed by atoms with Crippen LogP contribution in [0.4, 0.5) is 0 Å². The summed E-state index contributed by atoms with van der Waals surface area (Å²) in [5, 5.41) is 3.16. The smallest absolute Gasteiger partial charge is 0.138 e. The molecule has 0 saturated carbocycles. The zero-order chi connectivity index (χ0) is 6.85. The molecule has 0 aromatic carbocycles. The molecule has 1 heterocycles. The van der Waals surface area contributed by atoms with Gasteiger partial charge in [-0.1, -0.05) is 0 Å². The van der Waals surface area contributed by atoms with Gasteiger partial charge in [0.2, 0.25) is 0 Å². The third-order valence-corrected chi connectivity index (χ3v) is 1.91. The van der Waals surface area contributed by atoms with Crippen LogP contribution < -0.4 is 5.32 Å². The molecule has 0 aromatic heterocycles. The number of hydrogen-bond donors (Lipinski definition) is 1. The van der Waals surface area contributed by atoms with E-state index in [1.807, 2.05) is 18.9 Å². The molecule has 52 valence electrons. The molecule has 1 fully saturated rings.